The number of pyridine rings is 1. The van der Waals surface area contributed by atoms with Crippen LogP contribution in [0.3, 0.4) is 0 Å². The van der Waals surface area contributed by atoms with E-state index in [4.69, 9.17) is 19.9 Å². The SMILES string of the molecule is CCCOCC.COc1cc(OC)c(F)c(-c2cc3cnc(N)nc3c(NC3CCN(C)CC3)n2)c1F. The number of rotatable bonds is 8. The topological polar surface area (TPSA) is 108 Å². The molecule has 0 amide bonds. The molecule has 202 valence electrons. The van der Waals surface area contributed by atoms with Crippen LogP contribution >= 0.6 is 0 Å². The lowest BCUT2D eigenvalue weighted by molar-refractivity contribution is 0.148. The molecule has 1 saturated heterocycles. The highest BCUT2D eigenvalue weighted by molar-refractivity contribution is 5.92. The summed E-state index contributed by atoms with van der Waals surface area (Å²) in [5.74, 6) is -1.53. The minimum absolute atomic E-state index is 0.0727. The molecule has 0 aliphatic carbocycles. The van der Waals surface area contributed by atoms with Gasteiger partial charge in [0.25, 0.3) is 0 Å². The number of methoxy groups -OCH3 is 2. The molecule has 0 unspecified atom stereocenters. The number of likely N-dealkylation sites (tertiary alicyclic amines) is 1. The molecule has 11 heteroatoms. The first-order valence-corrected chi connectivity index (χ1v) is 12.4. The minimum atomic E-state index is -0.866. The van der Waals surface area contributed by atoms with Gasteiger partial charge in [-0.2, -0.15) is 0 Å². The van der Waals surface area contributed by atoms with E-state index in [0.29, 0.717) is 16.7 Å². The van der Waals surface area contributed by atoms with Crippen molar-refractivity contribution in [1.29, 1.82) is 0 Å². The summed E-state index contributed by atoms with van der Waals surface area (Å²) in [6.45, 7) is 7.75. The highest BCUT2D eigenvalue weighted by atomic mass is 19.1. The fraction of sp³-hybridized carbons (Fsp3) is 0.500. The van der Waals surface area contributed by atoms with Crippen LogP contribution in [0, 0.1) is 11.6 Å². The van der Waals surface area contributed by atoms with Gasteiger partial charge in [-0.3, -0.25) is 0 Å². The summed E-state index contributed by atoms with van der Waals surface area (Å²) in [4.78, 5) is 15.1. The van der Waals surface area contributed by atoms with Gasteiger partial charge in [0.15, 0.2) is 29.0 Å². The summed E-state index contributed by atoms with van der Waals surface area (Å²) >= 11 is 0. The molecule has 4 rings (SSSR count). The first kappa shape index (κ1) is 28.3. The van der Waals surface area contributed by atoms with Gasteiger partial charge in [-0.25, -0.2) is 23.7 Å². The van der Waals surface area contributed by atoms with Crippen LogP contribution in [-0.2, 0) is 4.74 Å². The van der Waals surface area contributed by atoms with Crippen LogP contribution in [-0.4, -0.2) is 73.5 Å². The van der Waals surface area contributed by atoms with Crippen LogP contribution in [0.25, 0.3) is 22.2 Å². The van der Waals surface area contributed by atoms with E-state index in [1.54, 1.807) is 0 Å². The number of fused-ring (bicyclic) bond motifs is 1. The maximum Gasteiger partial charge on any atom is 0.220 e. The molecule has 1 aliphatic heterocycles. The number of halogens is 2. The van der Waals surface area contributed by atoms with E-state index in [0.717, 1.165) is 51.6 Å². The van der Waals surface area contributed by atoms with Crippen LogP contribution in [0.2, 0.25) is 0 Å². The third-order valence-electron chi connectivity index (χ3n) is 6.03. The first-order chi connectivity index (χ1) is 17.8. The van der Waals surface area contributed by atoms with Gasteiger partial charge in [0, 0.05) is 36.9 Å². The average Bonchev–Trinajstić information content (AvgIpc) is 2.90. The number of nitrogens with two attached hydrogens (primary N) is 1. The Labute approximate surface area is 216 Å². The second-order valence-corrected chi connectivity index (χ2v) is 8.73. The number of nitrogens with zero attached hydrogens (tertiary/aromatic N) is 4. The van der Waals surface area contributed by atoms with Crippen LogP contribution in [0.15, 0.2) is 18.3 Å². The van der Waals surface area contributed by atoms with Crippen molar-refractivity contribution in [3.8, 4) is 22.8 Å². The van der Waals surface area contributed by atoms with E-state index < -0.39 is 11.6 Å². The zero-order chi connectivity index (χ0) is 26.9. The van der Waals surface area contributed by atoms with Gasteiger partial charge in [-0.1, -0.05) is 6.92 Å². The molecule has 9 nitrogen and oxygen atoms in total. The van der Waals surface area contributed by atoms with Crippen LogP contribution in [0.4, 0.5) is 20.5 Å². The number of aromatic nitrogens is 3. The van der Waals surface area contributed by atoms with Crippen LogP contribution in [0.5, 0.6) is 11.5 Å². The van der Waals surface area contributed by atoms with E-state index in [1.165, 1.54) is 26.5 Å². The Balaban J connectivity index is 0.000000568. The van der Waals surface area contributed by atoms with E-state index in [2.05, 4.69) is 39.1 Å². The second kappa shape index (κ2) is 13.3. The highest BCUT2D eigenvalue weighted by Crippen LogP contribution is 2.38. The lowest BCUT2D eigenvalue weighted by atomic mass is 10.0. The maximum absolute atomic E-state index is 15.1. The van der Waals surface area contributed by atoms with Gasteiger partial charge in [0.05, 0.1) is 25.5 Å². The Bertz CT molecular complexity index is 1160. The van der Waals surface area contributed by atoms with E-state index >= 15 is 8.78 Å². The molecule has 3 heterocycles. The average molecular weight is 519 g/mol. The first-order valence-electron chi connectivity index (χ1n) is 12.4. The van der Waals surface area contributed by atoms with Crippen molar-refractivity contribution < 1.29 is 23.0 Å². The molecule has 0 spiro atoms. The van der Waals surface area contributed by atoms with Gasteiger partial charge >= 0.3 is 0 Å². The number of nitrogens with one attached hydrogen (secondary N) is 1. The predicted molar refractivity (Wildman–Crippen MR) is 141 cm³/mol. The second-order valence-electron chi connectivity index (χ2n) is 8.73. The molecule has 0 saturated carbocycles. The van der Waals surface area contributed by atoms with Gasteiger partial charge < -0.3 is 30.2 Å². The van der Waals surface area contributed by atoms with Crippen molar-refractivity contribution in [2.75, 3.05) is 58.6 Å². The monoisotopic (exact) mass is 518 g/mol. The molecule has 2 aromatic heterocycles. The fourth-order valence-electron chi connectivity index (χ4n) is 4.03. The predicted octanol–water partition coefficient (Wildman–Crippen LogP) is 4.51. The van der Waals surface area contributed by atoms with Crippen molar-refractivity contribution in [1.82, 2.24) is 19.9 Å². The number of hydrogen-bond acceptors (Lipinski definition) is 9. The molecule has 3 N–H and O–H groups in total. The molecule has 3 aromatic rings. The van der Waals surface area contributed by atoms with Gasteiger partial charge in [-0.15, -0.1) is 0 Å². The quantitative estimate of drug-likeness (QED) is 0.417. The molecule has 0 atom stereocenters. The Morgan fingerprint density at radius 2 is 1.70 bits per heavy atom. The Kier molecular flexibility index (Phi) is 10.2. The van der Waals surface area contributed by atoms with Crippen molar-refractivity contribution in [3.63, 3.8) is 0 Å². The number of ether oxygens (including phenoxy) is 3. The minimum Gasteiger partial charge on any atom is -0.494 e. The summed E-state index contributed by atoms with van der Waals surface area (Å²) < 4.78 is 45.3. The van der Waals surface area contributed by atoms with Crippen molar-refractivity contribution in [2.45, 2.75) is 39.2 Å². The van der Waals surface area contributed by atoms with Crippen molar-refractivity contribution in [3.05, 3.63) is 30.0 Å². The molecule has 0 radical (unpaired) electrons. The van der Waals surface area contributed by atoms with Crippen molar-refractivity contribution >= 4 is 22.7 Å². The summed E-state index contributed by atoms with van der Waals surface area (Å²) in [6, 6.07) is 2.83. The zero-order valence-corrected chi connectivity index (χ0v) is 22.1. The molecule has 37 heavy (non-hydrogen) atoms. The molecule has 1 aliphatic rings. The number of anilines is 2. The molecular formula is C26H36F2N6O3. The van der Waals surface area contributed by atoms with Gasteiger partial charge in [0.1, 0.15) is 5.52 Å². The summed E-state index contributed by atoms with van der Waals surface area (Å²) in [5.41, 5.74) is 6.00. The summed E-state index contributed by atoms with van der Waals surface area (Å²) in [7, 11) is 4.67. The zero-order valence-electron chi connectivity index (χ0n) is 22.1. The Hall–Kier alpha value is -3.31. The third kappa shape index (κ3) is 6.92. The number of piperidine rings is 1. The molecular weight excluding hydrogens is 482 g/mol. The Morgan fingerprint density at radius 3 is 2.24 bits per heavy atom. The molecule has 1 fully saturated rings. The standard InChI is InChI=1S/C21H24F2N6O2.C5H12O/c1-29-6-4-12(5-7-29)26-20-19-11(10-25-21(24)28-19)8-13(27-20)16-17(22)14(30-2)9-15(31-3)18(16)23;1-3-5-6-4-2/h8-10,12H,4-7H2,1-3H3,(H,26,27)(H2,24,25,28);3-5H2,1-2H3. The fourth-order valence-corrected chi connectivity index (χ4v) is 4.03. The number of benzene rings is 1. The number of nitrogen functional groups attached to an aromatic ring is 1. The summed E-state index contributed by atoms with van der Waals surface area (Å²) in [6.07, 6.45) is 4.45. The lowest BCUT2D eigenvalue weighted by Gasteiger charge is -2.30. The number of hydrogen-bond donors (Lipinski definition) is 2. The lowest BCUT2D eigenvalue weighted by Crippen LogP contribution is -2.37. The van der Waals surface area contributed by atoms with Crippen LogP contribution < -0.4 is 20.5 Å². The van der Waals surface area contributed by atoms with Gasteiger partial charge in [-0.05, 0) is 52.4 Å². The third-order valence-corrected chi connectivity index (χ3v) is 6.03. The largest absolute Gasteiger partial charge is 0.494 e. The normalized spacial score (nSPS) is 14.2. The highest BCUT2D eigenvalue weighted by Gasteiger charge is 2.25. The smallest absolute Gasteiger partial charge is 0.220 e. The van der Waals surface area contributed by atoms with Crippen LogP contribution in [0.1, 0.15) is 33.1 Å². The maximum atomic E-state index is 15.1. The van der Waals surface area contributed by atoms with E-state index in [9.17, 15) is 0 Å². The van der Waals surface area contributed by atoms with Gasteiger partial charge in [0.2, 0.25) is 5.95 Å². The van der Waals surface area contributed by atoms with E-state index in [-0.39, 0.29) is 34.7 Å². The Morgan fingerprint density at radius 1 is 1.05 bits per heavy atom. The molecule has 1 aromatic carbocycles. The molecule has 0 bridgehead atoms. The van der Waals surface area contributed by atoms with Crippen molar-refractivity contribution in [2.24, 2.45) is 0 Å². The van der Waals surface area contributed by atoms with E-state index in [1.807, 2.05) is 6.92 Å². The summed E-state index contributed by atoms with van der Waals surface area (Å²) in [5, 5.41) is 3.94.